The number of carbonyl (C=O) groups excluding carboxylic acids is 2. The third kappa shape index (κ3) is 3.34. The Labute approximate surface area is 160 Å². The molecule has 2 aliphatic rings. The Morgan fingerprint density at radius 1 is 1.04 bits per heavy atom. The molecule has 5 heteroatoms. The molecule has 2 fully saturated rings. The van der Waals surface area contributed by atoms with Crippen LogP contribution in [0.5, 0.6) is 0 Å². The largest absolute Gasteiger partial charge is 0.336 e. The molecule has 2 amide bonds. The van der Waals surface area contributed by atoms with Crippen molar-refractivity contribution in [1.82, 2.24) is 9.88 Å². The van der Waals surface area contributed by atoms with Gasteiger partial charge in [0.15, 0.2) is 0 Å². The lowest BCUT2D eigenvalue weighted by molar-refractivity contribution is -0.133. The number of benzene rings is 1. The summed E-state index contributed by atoms with van der Waals surface area (Å²) in [6.45, 7) is 3.88. The Kier molecular flexibility index (Phi) is 4.68. The van der Waals surface area contributed by atoms with Crippen molar-refractivity contribution in [3.63, 3.8) is 0 Å². The molecule has 4 rings (SSSR count). The first-order chi connectivity index (χ1) is 13.1. The normalized spacial score (nSPS) is 22.9. The molecule has 2 saturated heterocycles. The van der Waals surface area contributed by atoms with E-state index in [0.717, 1.165) is 43.5 Å². The Morgan fingerprint density at radius 2 is 1.78 bits per heavy atom. The summed E-state index contributed by atoms with van der Waals surface area (Å²) < 4.78 is 0. The number of para-hydroxylation sites is 1. The van der Waals surface area contributed by atoms with Gasteiger partial charge in [0.05, 0.1) is 5.41 Å². The average molecular weight is 363 g/mol. The van der Waals surface area contributed by atoms with Gasteiger partial charge in [-0.25, -0.2) is 0 Å². The second-order valence-electron chi connectivity index (χ2n) is 7.73. The van der Waals surface area contributed by atoms with Crippen LogP contribution in [0.25, 0.3) is 0 Å². The SMILES string of the molecule is Cc1ccc(C(=O)N2CCCC3(CCCN(c4ccccc4)C3=O)C2)nc1. The zero-order chi connectivity index (χ0) is 18.9. The topological polar surface area (TPSA) is 53.5 Å². The van der Waals surface area contributed by atoms with Crippen molar-refractivity contribution in [2.75, 3.05) is 24.5 Å². The number of aromatic nitrogens is 1. The molecule has 3 heterocycles. The quantitative estimate of drug-likeness (QED) is 0.821. The zero-order valence-electron chi connectivity index (χ0n) is 15.7. The third-order valence-corrected chi connectivity index (χ3v) is 5.80. The van der Waals surface area contributed by atoms with Crippen molar-refractivity contribution in [1.29, 1.82) is 0 Å². The first-order valence-electron chi connectivity index (χ1n) is 9.68. The lowest BCUT2D eigenvalue weighted by atomic mass is 9.72. The lowest BCUT2D eigenvalue weighted by Crippen LogP contribution is -2.57. The molecule has 0 N–H and O–H groups in total. The molecule has 0 aliphatic carbocycles. The molecule has 1 aromatic heterocycles. The first-order valence-corrected chi connectivity index (χ1v) is 9.68. The molecule has 0 radical (unpaired) electrons. The minimum Gasteiger partial charge on any atom is -0.336 e. The van der Waals surface area contributed by atoms with Crippen LogP contribution in [0.15, 0.2) is 48.7 Å². The average Bonchev–Trinajstić information content (AvgIpc) is 2.71. The molecule has 1 aromatic carbocycles. The van der Waals surface area contributed by atoms with E-state index in [1.54, 1.807) is 12.3 Å². The predicted octanol–water partition coefficient (Wildman–Crippen LogP) is 3.44. The van der Waals surface area contributed by atoms with Crippen LogP contribution >= 0.6 is 0 Å². The van der Waals surface area contributed by atoms with Crippen molar-refractivity contribution in [2.24, 2.45) is 5.41 Å². The molecule has 2 aliphatic heterocycles. The molecule has 1 unspecified atom stereocenters. The second kappa shape index (κ2) is 7.14. The number of rotatable bonds is 2. The van der Waals surface area contributed by atoms with Crippen molar-refractivity contribution in [2.45, 2.75) is 32.6 Å². The molecule has 0 bridgehead atoms. The number of aryl methyl sites for hydroxylation is 1. The van der Waals surface area contributed by atoms with Crippen molar-refractivity contribution in [3.8, 4) is 0 Å². The highest BCUT2D eigenvalue weighted by Crippen LogP contribution is 2.41. The fraction of sp³-hybridized carbons (Fsp3) is 0.409. The molecule has 5 nitrogen and oxygen atoms in total. The van der Waals surface area contributed by atoms with Crippen LogP contribution < -0.4 is 4.90 Å². The summed E-state index contributed by atoms with van der Waals surface area (Å²) in [5, 5.41) is 0. The van der Waals surface area contributed by atoms with Crippen LogP contribution in [0, 0.1) is 12.3 Å². The van der Waals surface area contributed by atoms with Gasteiger partial charge in [0.1, 0.15) is 5.69 Å². The highest BCUT2D eigenvalue weighted by atomic mass is 16.2. The molecular weight excluding hydrogens is 338 g/mol. The number of anilines is 1. The Bertz CT molecular complexity index is 830. The van der Waals surface area contributed by atoms with Gasteiger partial charge < -0.3 is 9.80 Å². The number of hydrogen-bond acceptors (Lipinski definition) is 3. The minimum absolute atomic E-state index is 0.0706. The Morgan fingerprint density at radius 3 is 2.48 bits per heavy atom. The van der Waals surface area contributed by atoms with Crippen LogP contribution in [0.3, 0.4) is 0 Å². The monoisotopic (exact) mass is 363 g/mol. The van der Waals surface area contributed by atoms with Crippen LogP contribution in [-0.2, 0) is 4.79 Å². The van der Waals surface area contributed by atoms with Crippen LogP contribution in [0.1, 0.15) is 41.7 Å². The van der Waals surface area contributed by atoms with E-state index in [-0.39, 0.29) is 11.8 Å². The molecule has 1 spiro atoms. The van der Waals surface area contributed by atoms with E-state index >= 15 is 0 Å². The van der Waals surface area contributed by atoms with Gasteiger partial charge in [-0.15, -0.1) is 0 Å². The maximum atomic E-state index is 13.4. The minimum atomic E-state index is -0.466. The van der Waals surface area contributed by atoms with E-state index < -0.39 is 5.41 Å². The van der Waals surface area contributed by atoms with Gasteiger partial charge in [0.2, 0.25) is 5.91 Å². The summed E-state index contributed by atoms with van der Waals surface area (Å²) in [5.41, 5.74) is 1.97. The van der Waals surface area contributed by atoms with Gasteiger partial charge in [-0.2, -0.15) is 0 Å². The van der Waals surface area contributed by atoms with Crippen molar-refractivity contribution in [3.05, 3.63) is 59.9 Å². The van der Waals surface area contributed by atoms with Gasteiger partial charge in [0.25, 0.3) is 5.91 Å². The van der Waals surface area contributed by atoms with Gasteiger partial charge >= 0.3 is 0 Å². The molecule has 1 atom stereocenters. The fourth-order valence-corrected chi connectivity index (χ4v) is 4.36. The van der Waals surface area contributed by atoms with Crippen molar-refractivity contribution < 1.29 is 9.59 Å². The standard InChI is InChI=1S/C22H25N3O2/c1-17-9-10-19(23-15-17)20(26)24-13-5-11-22(16-24)12-6-14-25(21(22)27)18-7-3-2-4-8-18/h2-4,7-10,15H,5-6,11-14,16H2,1H3. The van der Waals surface area contributed by atoms with E-state index in [9.17, 15) is 9.59 Å². The summed E-state index contributed by atoms with van der Waals surface area (Å²) >= 11 is 0. The summed E-state index contributed by atoms with van der Waals surface area (Å²) in [5.74, 6) is 0.0908. The number of likely N-dealkylation sites (tertiary alicyclic amines) is 1. The van der Waals surface area contributed by atoms with Gasteiger partial charge in [0, 0.05) is 31.5 Å². The zero-order valence-corrected chi connectivity index (χ0v) is 15.7. The number of carbonyl (C=O) groups is 2. The second-order valence-corrected chi connectivity index (χ2v) is 7.73. The number of amides is 2. The van der Waals surface area contributed by atoms with Crippen molar-refractivity contribution >= 4 is 17.5 Å². The van der Waals surface area contributed by atoms with Crippen LogP contribution in [-0.4, -0.2) is 41.3 Å². The van der Waals surface area contributed by atoms with E-state index in [2.05, 4.69) is 4.98 Å². The summed E-state index contributed by atoms with van der Waals surface area (Å²) in [6.07, 6.45) is 5.23. The molecule has 0 saturated carbocycles. The maximum absolute atomic E-state index is 13.4. The molecule has 2 aromatic rings. The molecule has 27 heavy (non-hydrogen) atoms. The number of hydrogen-bond donors (Lipinski definition) is 0. The van der Waals surface area contributed by atoms with Gasteiger partial charge in [-0.3, -0.25) is 14.6 Å². The van der Waals surface area contributed by atoms with E-state index in [0.29, 0.717) is 18.8 Å². The fourth-order valence-electron chi connectivity index (χ4n) is 4.36. The first kappa shape index (κ1) is 17.7. The van der Waals surface area contributed by atoms with Crippen LogP contribution in [0.2, 0.25) is 0 Å². The van der Waals surface area contributed by atoms with E-state index in [1.807, 2.05) is 53.1 Å². The highest BCUT2D eigenvalue weighted by molar-refractivity contribution is 5.99. The van der Waals surface area contributed by atoms with Gasteiger partial charge in [-0.1, -0.05) is 24.3 Å². The third-order valence-electron chi connectivity index (χ3n) is 5.80. The summed E-state index contributed by atoms with van der Waals surface area (Å²) in [7, 11) is 0. The van der Waals surface area contributed by atoms with E-state index in [4.69, 9.17) is 0 Å². The predicted molar refractivity (Wildman–Crippen MR) is 105 cm³/mol. The van der Waals surface area contributed by atoms with E-state index in [1.165, 1.54) is 0 Å². The summed E-state index contributed by atoms with van der Waals surface area (Å²) in [6, 6.07) is 13.5. The number of pyridine rings is 1. The van der Waals surface area contributed by atoms with Crippen LogP contribution in [0.4, 0.5) is 5.69 Å². The molecular formula is C22H25N3O2. The number of nitrogens with zero attached hydrogens (tertiary/aromatic N) is 3. The lowest BCUT2D eigenvalue weighted by Gasteiger charge is -2.47. The highest BCUT2D eigenvalue weighted by Gasteiger charge is 2.47. The maximum Gasteiger partial charge on any atom is 0.272 e. The summed E-state index contributed by atoms with van der Waals surface area (Å²) in [4.78, 5) is 34.4. The Hall–Kier alpha value is -2.69. The molecule has 140 valence electrons. The van der Waals surface area contributed by atoms with Gasteiger partial charge in [-0.05, 0) is 56.4 Å². The number of piperidine rings is 2. The smallest absolute Gasteiger partial charge is 0.272 e. The Balaban J connectivity index is 1.56.